The van der Waals surface area contributed by atoms with Gasteiger partial charge in [-0.05, 0) is 47.8 Å². The topological polar surface area (TPSA) is 55.2 Å². The van der Waals surface area contributed by atoms with Crippen molar-refractivity contribution in [1.82, 2.24) is 13.5 Å². The number of rotatable bonds is 6. The first-order valence-corrected chi connectivity index (χ1v) is 14.2. The third-order valence-electron chi connectivity index (χ3n) is 6.65. The summed E-state index contributed by atoms with van der Waals surface area (Å²) in [6, 6.07) is 3.87. The summed E-state index contributed by atoms with van der Waals surface area (Å²) in [6.45, 7) is 15.2. The molecule has 0 spiro atoms. The Bertz CT molecular complexity index is 906. The van der Waals surface area contributed by atoms with Crippen molar-refractivity contribution in [2.45, 2.75) is 82.3 Å². The monoisotopic (exact) mass is 421 g/mol. The summed E-state index contributed by atoms with van der Waals surface area (Å²) in [7, 11) is -5.37. The predicted molar refractivity (Wildman–Crippen MR) is 119 cm³/mol. The zero-order valence-corrected chi connectivity index (χ0v) is 20.0. The molecule has 1 fully saturated rings. The fraction of sp³-hybridized carbons (Fsp3) is 0.667. The van der Waals surface area contributed by atoms with Crippen LogP contribution in [0.4, 0.5) is 0 Å². The van der Waals surface area contributed by atoms with Crippen LogP contribution in [0.1, 0.15) is 60.8 Å². The lowest BCUT2D eigenvalue weighted by Crippen LogP contribution is -2.51. The maximum atomic E-state index is 13.0. The molecule has 1 saturated heterocycles. The molecule has 3 heterocycles. The number of fused-ring (bicyclic) bond motifs is 1. The van der Waals surface area contributed by atoms with E-state index in [2.05, 4.69) is 52.0 Å². The predicted octanol–water partition coefficient (Wildman–Crippen LogP) is 5.23. The molecule has 0 unspecified atom stereocenters. The van der Waals surface area contributed by atoms with Crippen LogP contribution in [-0.2, 0) is 10.0 Å². The van der Waals surface area contributed by atoms with Gasteiger partial charge in [-0.3, -0.25) is 0 Å². The van der Waals surface area contributed by atoms with Crippen molar-refractivity contribution in [3.05, 3.63) is 24.5 Å². The normalized spacial score (nSPS) is 17.3. The fourth-order valence-corrected chi connectivity index (χ4v) is 13.6. The highest BCUT2D eigenvalue weighted by Gasteiger charge is 2.46. The van der Waals surface area contributed by atoms with Gasteiger partial charge >= 0.3 is 0 Å². The minimum absolute atomic E-state index is 0.325. The van der Waals surface area contributed by atoms with Gasteiger partial charge in [0.1, 0.15) is 10.5 Å². The van der Waals surface area contributed by atoms with Gasteiger partial charge in [0.15, 0.2) is 8.24 Å². The Morgan fingerprint density at radius 2 is 1.54 bits per heavy atom. The number of piperidine rings is 1. The summed E-state index contributed by atoms with van der Waals surface area (Å²) >= 11 is 0. The average Bonchev–Trinajstić information content (AvgIpc) is 3.05. The lowest BCUT2D eigenvalue weighted by atomic mass is 10.2. The van der Waals surface area contributed by atoms with E-state index in [1.165, 1.54) is 0 Å². The maximum Gasteiger partial charge on any atom is 0.244 e. The Hall–Kier alpha value is -1.18. The summed E-state index contributed by atoms with van der Waals surface area (Å²) in [5.74, 6) is 0. The molecule has 0 saturated carbocycles. The van der Waals surface area contributed by atoms with Gasteiger partial charge in [-0.25, -0.2) is 13.4 Å². The molecule has 5 nitrogen and oxygen atoms in total. The van der Waals surface area contributed by atoms with Crippen LogP contribution in [-0.4, -0.2) is 43.3 Å². The second kappa shape index (κ2) is 7.92. The van der Waals surface area contributed by atoms with Crippen molar-refractivity contribution in [2.75, 3.05) is 13.1 Å². The highest BCUT2D eigenvalue weighted by molar-refractivity contribution is 7.89. The second-order valence-electron chi connectivity index (χ2n) is 9.09. The molecule has 1 aliphatic rings. The molecule has 0 atom stereocenters. The van der Waals surface area contributed by atoms with Gasteiger partial charge in [0.25, 0.3) is 0 Å². The Morgan fingerprint density at radius 1 is 0.964 bits per heavy atom. The van der Waals surface area contributed by atoms with Crippen molar-refractivity contribution < 1.29 is 8.42 Å². The van der Waals surface area contributed by atoms with Crippen LogP contribution >= 0.6 is 0 Å². The molecule has 3 rings (SSSR count). The number of sulfonamides is 1. The van der Waals surface area contributed by atoms with Gasteiger partial charge in [-0.2, -0.15) is 4.31 Å². The lowest BCUT2D eigenvalue weighted by molar-refractivity contribution is 0.346. The van der Waals surface area contributed by atoms with E-state index in [1.807, 2.05) is 12.1 Å². The van der Waals surface area contributed by atoms with Gasteiger partial charge in [0, 0.05) is 24.7 Å². The zero-order valence-electron chi connectivity index (χ0n) is 18.1. The summed E-state index contributed by atoms with van der Waals surface area (Å²) in [5.41, 5.74) is 2.60. The highest BCUT2D eigenvalue weighted by Crippen LogP contribution is 2.44. The minimum atomic E-state index is -3.46. The van der Waals surface area contributed by atoms with Crippen molar-refractivity contribution in [1.29, 1.82) is 0 Å². The summed E-state index contributed by atoms with van der Waals surface area (Å²) in [5, 5.41) is 0.928. The maximum absolute atomic E-state index is 13.0. The van der Waals surface area contributed by atoms with E-state index in [-0.39, 0.29) is 0 Å². The van der Waals surface area contributed by atoms with Crippen molar-refractivity contribution in [3.63, 3.8) is 0 Å². The lowest BCUT2D eigenvalue weighted by Gasteiger charge is -2.44. The van der Waals surface area contributed by atoms with Crippen molar-refractivity contribution in [2.24, 2.45) is 0 Å². The van der Waals surface area contributed by atoms with Crippen LogP contribution in [0.15, 0.2) is 29.4 Å². The van der Waals surface area contributed by atoms with E-state index in [0.717, 1.165) is 30.3 Å². The van der Waals surface area contributed by atoms with Crippen LogP contribution in [0.2, 0.25) is 16.6 Å². The SMILES string of the molecule is CC(C)[Si](C(C)C)(C(C)C)n1ccc2cc(S(=O)(=O)N3CCCCC3)cnc21. The van der Waals surface area contributed by atoms with Gasteiger partial charge < -0.3 is 4.23 Å². The van der Waals surface area contributed by atoms with E-state index >= 15 is 0 Å². The van der Waals surface area contributed by atoms with Crippen LogP contribution in [0.3, 0.4) is 0 Å². The molecule has 0 radical (unpaired) electrons. The highest BCUT2D eigenvalue weighted by atomic mass is 32.2. The Kier molecular flexibility index (Phi) is 6.09. The van der Waals surface area contributed by atoms with Gasteiger partial charge in [0.05, 0.1) is 0 Å². The number of aromatic nitrogens is 2. The van der Waals surface area contributed by atoms with Gasteiger partial charge in [-0.15, -0.1) is 0 Å². The number of nitrogens with zero attached hydrogens (tertiary/aromatic N) is 3. The second-order valence-corrected chi connectivity index (χ2v) is 16.7. The fourth-order valence-electron chi connectivity index (χ4n) is 5.55. The first-order chi connectivity index (χ1) is 13.1. The molecule has 28 heavy (non-hydrogen) atoms. The summed E-state index contributed by atoms with van der Waals surface area (Å²) in [4.78, 5) is 5.03. The molecule has 0 N–H and O–H groups in total. The Labute approximate surface area is 171 Å². The standard InChI is InChI=1S/C21H35N3O2SSi/c1-16(2)28(17(3)4,18(5)6)24-13-10-19-14-20(15-22-21(19)24)27(25,26)23-11-8-7-9-12-23/h10,13-18H,7-9,11-12H2,1-6H3. The first-order valence-electron chi connectivity index (χ1n) is 10.6. The van der Waals surface area contributed by atoms with Crippen LogP contribution in [0.25, 0.3) is 11.0 Å². The van der Waals surface area contributed by atoms with Crippen molar-refractivity contribution >= 4 is 29.3 Å². The largest absolute Gasteiger partial charge is 0.359 e. The molecule has 0 aromatic carbocycles. The summed E-state index contributed by atoms with van der Waals surface area (Å²) < 4.78 is 30.1. The van der Waals surface area contributed by atoms with Crippen LogP contribution in [0.5, 0.6) is 0 Å². The number of hydrogen-bond acceptors (Lipinski definition) is 3. The zero-order chi connectivity index (χ0) is 20.7. The molecule has 7 heteroatoms. The Balaban J connectivity index is 2.10. The molecule has 0 bridgehead atoms. The first kappa shape index (κ1) is 21.5. The third kappa shape index (κ3) is 3.35. The molecule has 156 valence electrons. The smallest absolute Gasteiger partial charge is 0.244 e. The van der Waals surface area contributed by atoms with E-state index in [4.69, 9.17) is 4.98 Å². The van der Waals surface area contributed by atoms with E-state index in [9.17, 15) is 8.42 Å². The number of hydrogen-bond donors (Lipinski definition) is 0. The third-order valence-corrected chi connectivity index (χ3v) is 15.3. The van der Waals surface area contributed by atoms with E-state index in [0.29, 0.717) is 34.6 Å². The molecule has 1 aliphatic heterocycles. The number of pyridine rings is 1. The molecular formula is C21H35N3O2SSi. The van der Waals surface area contributed by atoms with Crippen LogP contribution in [0, 0.1) is 0 Å². The van der Waals surface area contributed by atoms with Crippen molar-refractivity contribution in [3.8, 4) is 0 Å². The van der Waals surface area contributed by atoms with Gasteiger partial charge in [-0.1, -0.05) is 48.0 Å². The van der Waals surface area contributed by atoms with Gasteiger partial charge in [0.2, 0.25) is 10.0 Å². The van der Waals surface area contributed by atoms with E-state index < -0.39 is 18.3 Å². The molecule has 2 aromatic rings. The molecular weight excluding hydrogens is 386 g/mol. The Morgan fingerprint density at radius 3 is 2.07 bits per heavy atom. The summed E-state index contributed by atoms with van der Waals surface area (Å²) in [6.07, 6.45) is 6.72. The minimum Gasteiger partial charge on any atom is -0.359 e. The quantitative estimate of drug-likeness (QED) is 0.600. The molecule has 2 aromatic heterocycles. The average molecular weight is 422 g/mol. The van der Waals surface area contributed by atoms with Crippen LogP contribution < -0.4 is 0 Å². The molecule has 0 aliphatic carbocycles. The van der Waals surface area contributed by atoms with E-state index in [1.54, 1.807) is 10.5 Å². The molecule has 0 amide bonds.